The van der Waals surface area contributed by atoms with Gasteiger partial charge in [0.25, 0.3) is 5.91 Å². The van der Waals surface area contributed by atoms with Crippen LogP contribution in [0.15, 0.2) is 30.3 Å². The van der Waals surface area contributed by atoms with Crippen molar-refractivity contribution in [2.75, 3.05) is 6.54 Å². The summed E-state index contributed by atoms with van der Waals surface area (Å²) in [5, 5.41) is 2.88. The highest BCUT2D eigenvalue weighted by atomic mass is 16.2. The molecule has 1 saturated heterocycles. The molecule has 6 nitrogen and oxygen atoms in total. The lowest BCUT2D eigenvalue weighted by Crippen LogP contribution is -2.46. The van der Waals surface area contributed by atoms with E-state index < -0.39 is 11.6 Å². The zero-order valence-electron chi connectivity index (χ0n) is 14.9. The zero-order chi connectivity index (χ0) is 18.5. The van der Waals surface area contributed by atoms with E-state index in [2.05, 4.69) is 10.3 Å². The second-order valence-corrected chi connectivity index (χ2v) is 7.15. The van der Waals surface area contributed by atoms with Gasteiger partial charge in [0, 0.05) is 17.0 Å². The number of benzene rings is 1. The Morgan fingerprint density at radius 3 is 2.73 bits per heavy atom. The summed E-state index contributed by atoms with van der Waals surface area (Å²) in [7, 11) is 0. The van der Waals surface area contributed by atoms with E-state index >= 15 is 0 Å². The largest absolute Gasteiger partial charge is 0.362 e. The molecule has 2 N–H and O–H groups in total. The van der Waals surface area contributed by atoms with E-state index in [0.717, 1.165) is 40.3 Å². The second kappa shape index (κ2) is 5.83. The monoisotopic (exact) mass is 351 g/mol. The number of hydrogen-bond donors (Lipinski definition) is 2. The number of rotatable bonds is 3. The predicted octanol–water partition coefficient (Wildman–Crippen LogP) is 2.60. The highest BCUT2D eigenvalue weighted by molar-refractivity contribution is 6.11. The van der Waals surface area contributed by atoms with Crippen molar-refractivity contribution in [3.8, 4) is 0 Å². The molecule has 2 aliphatic rings. The summed E-state index contributed by atoms with van der Waals surface area (Å²) in [4.78, 5) is 42.5. The maximum absolute atomic E-state index is 13.2. The Labute approximate surface area is 151 Å². The molecular formula is C20H21N3O3. The van der Waals surface area contributed by atoms with Crippen LogP contribution in [0.2, 0.25) is 0 Å². The number of imide groups is 1. The van der Waals surface area contributed by atoms with Gasteiger partial charge >= 0.3 is 6.03 Å². The molecule has 1 aromatic heterocycles. The van der Waals surface area contributed by atoms with E-state index in [1.807, 2.05) is 38.1 Å². The molecule has 2 heterocycles. The molecule has 1 aliphatic heterocycles. The van der Waals surface area contributed by atoms with Gasteiger partial charge in [0.1, 0.15) is 5.54 Å². The molecule has 1 atom stereocenters. The smallest absolute Gasteiger partial charge is 0.325 e. The lowest BCUT2D eigenvalue weighted by atomic mass is 9.76. The number of carbonyl (C=O) groups excluding carboxylic acids is 3. The van der Waals surface area contributed by atoms with E-state index in [9.17, 15) is 14.4 Å². The van der Waals surface area contributed by atoms with E-state index in [0.29, 0.717) is 12.0 Å². The number of ketones is 1. The number of carbonyl (C=O) groups is 3. The van der Waals surface area contributed by atoms with Gasteiger partial charge in [-0.25, -0.2) is 4.79 Å². The van der Waals surface area contributed by atoms with E-state index in [1.54, 1.807) is 6.07 Å². The van der Waals surface area contributed by atoms with E-state index in [4.69, 9.17) is 0 Å². The number of H-pyrrole nitrogens is 1. The SMILES string of the molecule is Cc1cc(C(=O)CN2C(=O)N[C@@]3(CCCc4ccccc43)C2=O)c(C)[nH]1. The topological polar surface area (TPSA) is 82.3 Å². The van der Waals surface area contributed by atoms with Crippen molar-refractivity contribution >= 4 is 17.7 Å². The normalized spacial score (nSPS) is 21.8. The number of aromatic nitrogens is 1. The van der Waals surface area contributed by atoms with Crippen LogP contribution < -0.4 is 5.32 Å². The van der Waals surface area contributed by atoms with Crippen LogP contribution in [0, 0.1) is 13.8 Å². The van der Waals surface area contributed by atoms with Crippen LogP contribution in [0.5, 0.6) is 0 Å². The first-order chi connectivity index (χ1) is 12.4. The maximum Gasteiger partial charge on any atom is 0.325 e. The third kappa shape index (κ3) is 2.36. The van der Waals surface area contributed by atoms with Gasteiger partial charge in [0.2, 0.25) is 0 Å². The first-order valence-electron chi connectivity index (χ1n) is 8.84. The molecule has 0 unspecified atom stereocenters. The molecule has 1 aliphatic carbocycles. The van der Waals surface area contributed by atoms with Crippen LogP contribution >= 0.6 is 0 Å². The summed E-state index contributed by atoms with van der Waals surface area (Å²) >= 11 is 0. The minimum atomic E-state index is -1.03. The van der Waals surface area contributed by atoms with Crippen LogP contribution in [0.3, 0.4) is 0 Å². The van der Waals surface area contributed by atoms with Crippen molar-refractivity contribution in [2.24, 2.45) is 0 Å². The van der Waals surface area contributed by atoms with Crippen LogP contribution in [-0.4, -0.2) is 34.2 Å². The highest BCUT2D eigenvalue weighted by Gasteiger charge is 2.54. The van der Waals surface area contributed by atoms with Crippen LogP contribution in [-0.2, 0) is 16.8 Å². The Hall–Kier alpha value is -2.89. The molecule has 0 radical (unpaired) electrons. The lowest BCUT2D eigenvalue weighted by molar-refractivity contribution is -0.131. The third-order valence-corrected chi connectivity index (χ3v) is 5.40. The van der Waals surface area contributed by atoms with Crippen molar-refractivity contribution in [1.82, 2.24) is 15.2 Å². The number of aromatic amines is 1. The first-order valence-corrected chi connectivity index (χ1v) is 8.84. The summed E-state index contributed by atoms with van der Waals surface area (Å²) < 4.78 is 0. The number of fused-ring (bicyclic) bond motifs is 2. The summed E-state index contributed by atoms with van der Waals surface area (Å²) in [5.74, 6) is -0.565. The van der Waals surface area contributed by atoms with Crippen molar-refractivity contribution in [3.05, 3.63) is 58.4 Å². The molecule has 1 fully saturated rings. The fourth-order valence-corrected chi connectivity index (χ4v) is 4.20. The van der Waals surface area contributed by atoms with Gasteiger partial charge < -0.3 is 10.3 Å². The number of urea groups is 1. The molecule has 1 spiro atoms. The molecule has 134 valence electrons. The quantitative estimate of drug-likeness (QED) is 0.659. The van der Waals surface area contributed by atoms with Gasteiger partial charge in [-0.1, -0.05) is 24.3 Å². The standard InChI is InChI=1S/C20H21N3O3/c1-12-10-15(13(2)21-12)17(24)11-23-18(25)20(22-19(23)26)9-5-7-14-6-3-4-8-16(14)20/h3-4,6,8,10,21H,5,7,9,11H2,1-2H3,(H,22,26)/t20-/m1/s1. The van der Waals surface area contributed by atoms with Crippen LogP contribution in [0.4, 0.5) is 4.79 Å². The molecule has 26 heavy (non-hydrogen) atoms. The summed E-state index contributed by atoms with van der Waals surface area (Å²) in [6.07, 6.45) is 2.27. The molecule has 1 aromatic carbocycles. The highest BCUT2D eigenvalue weighted by Crippen LogP contribution is 2.39. The van der Waals surface area contributed by atoms with Gasteiger partial charge in [-0.3, -0.25) is 14.5 Å². The Balaban J connectivity index is 1.65. The van der Waals surface area contributed by atoms with Gasteiger partial charge in [-0.15, -0.1) is 0 Å². The third-order valence-electron chi connectivity index (χ3n) is 5.40. The Bertz CT molecular complexity index is 930. The molecular weight excluding hydrogens is 330 g/mol. The van der Waals surface area contributed by atoms with Crippen LogP contribution in [0.1, 0.15) is 45.7 Å². The van der Waals surface area contributed by atoms with Gasteiger partial charge in [0.15, 0.2) is 5.78 Å². The number of nitrogens with one attached hydrogen (secondary N) is 2. The maximum atomic E-state index is 13.2. The number of amides is 3. The van der Waals surface area contributed by atoms with Crippen molar-refractivity contribution in [2.45, 2.75) is 38.6 Å². The minimum absolute atomic E-state index is 0.239. The summed E-state index contributed by atoms with van der Waals surface area (Å²) in [6.45, 7) is 3.43. The predicted molar refractivity (Wildman–Crippen MR) is 95.9 cm³/mol. The first kappa shape index (κ1) is 16.6. The van der Waals surface area contributed by atoms with Crippen LogP contribution in [0.25, 0.3) is 0 Å². The van der Waals surface area contributed by atoms with E-state index in [1.165, 1.54) is 0 Å². The lowest BCUT2D eigenvalue weighted by Gasteiger charge is -2.33. The molecule has 0 saturated carbocycles. The molecule has 6 heteroatoms. The van der Waals surface area contributed by atoms with Crippen molar-refractivity contribution in [1.29, 1.82) is 0 Å². The van der Waals surface area contributed by atoms with Gasteiger partial charge in [-0.05, 0) is 50.3 Å². The number of nitrogens with zero attached hydrogens (tertiary/aromatic N) is 1. The Morgan fingerprint density at radius 1 is 1.23 bits per heavy atom. The van der Waals surface area contributed by atoms with Gasteiger partial charge in [0.05, 0.1) is 6.54 Å². The molecule has 0 bridgehead atoms. The summed E-state index contributed by atoms with van der Waals surface area (Å²) in [5.41, 5.74) is 3.05. The number of aryl methyl sites for hydroxylation is 3. The minimum Gasteiger partial charge on any atom is -0.362 e. The molecule has 2 aromatic rings. The molecule has 3 amide bonds. The Kier molecular flexibility index (Phi) is 3.72. The van der Waals surface area contributed by atoms with Gasteiger partial charge in [-0.2, -0.15) is 0 Å². The van der Waals surface area contributed by atoms with Crippen molar-refractivity contribution < 1.29 is 14.4 Å². The van der Waals surface area contributed by atoms with E-state index in [-0.39, 0.29) is 18.2 Å². The summed E-state index contributed by atoms with van der Waals surface area (Å²) in [6, 6.07) is 8.97. The average Bonchev–Trinajstić information content (AvgIpc) is 3.07. The Morgan fingerprint density at radius 2 is 2.00 bits per heavy atom. The fourth-order valence-electron chi connectivity index (χ4n) is 4.20. The number of Topliss-reactive ketones (excluding diaryl/α,β-unsaturated/α-hetero) is 1. The molecule has 4 rings (SSSR count). The second-order valence-electron chi connectivity index (χ2n) is 7.15. The van der Waals surface area contributed by atoms with Crippen molar-refractivity contribution in [3.63, 3.8) is 0 Å². The number of hydrogen-bond acceptors (Lipinski definition) is 3. The fraction of sp³-hybridized carbons (Fsp3) is 0.350. The zero-order valence-corrected chi connectivity index (χ0v) is 14.9. The average molecular weight is 351 g/mol.